The van der Waals surface area contributed by atoms with Crippen LogP contribution in [0.3, 0.4) is 0 Å². The highest BCUT2D eigenvalue weighted by Gasteiger charge is 2.19. The summed E-state index contributed by atoms with van der Waals surface area (Å²) in [7, 11) is 3.16. The Hall–Kier alpha value is -3.87. The molecule has 7 nitrogen and oxygen atoms in total. The molecule has 0 saturated carbocycles. The Morgan fingerprint density at radius 3 is 1.93 bits per heavy atom. The van der Waals surface area contributed by atoms with E-state index < -0.39 is 4.92 Å². The lowest BCUT2D eigenvalue weighted by Crippen LogP contribution is -2.16. The van der Waals surface area contributed by atoms with Crippen LogP contribution >= 0.6 is 0 Å². The van der Waals surface area contributed by atoms with E-state index in [9.17, 15) is 14.9 Å². The van der Waals surface area contributed by atoms with Crippen molar-refractivity contribution >= 4 is 17.2 Å². The summed E-state index contributed by atoms with van der Waals surface area (Å²) < 4.78 is 10.3. The molecule has 1 N–H and O–H groups in total. The third-order valence-corrected chi connectivity index (χ3v) is 4.74. The van der Waals surface area contributed by atoms with Crippen molar-refractivity contribution in [2.75, 3.05) is 19.5 Å². The Balaban J connectivity index is 1.85. The fourth-order valence-electron chi connectivity index (χ4n) is 3.05. The third kappa shape index (κ3) is 5.14. The molecule has 154 valence electrons. The van der Waals surface area contributed by atoms with Crippen LogP contribution in [-0.4, -0.2) is 24.9 Å². The largest absolute Gasteiger partial charge is 0.497 e. The van der Waals surface area contributed by atoms with Crippen LogP contribution < -0.4 is 14.8 Å². The Kier molecular flexibility index (Phi) is 6.64. The first-order chi connectivity index (χ1) is 14.5. The highest BCUT2D eigenvalue weighted by atomic mass is 16.6. The lowest BCUT2D eigenvalue weighted by molar-refractivity contribution is -0.384. The molecule has 3 rings (SSSR count). The molecule has 0 saturated heterocycles. The minimum atomic E-state index is -0.446. The minimum Gasteiger partial charge on any atom is -0.497 e. The number of benzene rings is 3. The molecule has 0 heterocycles. The Morgan fingerprint density at radius 1 is 0.900 bits per heavy atom. The number of methoxy groups -OCH3 is 2. The van der Waals surface area contributed by atoms with E-state index in [2.05, 4.69) is 5.32 Å². The number of carbonyl (C=O) groups is 1. The van der Waals surface area contributed by atoms with Gasteiger partial charge in [0, 0.05) is 29.8 Å². The molecular formula is C23H22N2O5. The first-order valence-corrected chi connectivity index (χ1v) is 9.32. The molecule has 0 amide bonds. The van der Waals surface area contributed by atoms with Crippen molar-refractivity contribution in [2.24, 2.45) is 0 Å². The number of nitro benzene ring substituents is 1. The van der Waals surface area contributed by atoms with E-state index in [4.69, 9.17) is 9.47 Å². The van der Waals surface area contributed by atoms with Crippen molar-refractivity contribution < 1.29 is 19.2 Å². The molecule has 3 aromatic carbocycles. The Labute approximate surface area is 174 Å². The van der Waals surface area contributed by atoms with E-state index >= 15 is 0 Å². The van der Waals surface area contributed by atoms with Crippen molar-refractivity contribution in [3.63, 3.8) is 0 Å². The van der Waals surface area contributed by atoms with Gasteiger partial charge in [0.05, 0.1) is 25.2 Å². The first kappa shape index (κ1) is 20.9. The fourth-order valence-corrected chi connectivity index (χ4v) is 3.05. The van der Waals surface area contributed by atoms with Gasteiger partial charge in [-0.2, -0.15) is 0 Å². The van der Waals surface area contributed by atoms with Gasteiger partial charge in [0.1, 0.15) is 11.5 Å². The maximum Gasteiger partial charge on any atom is 0.269 e. The number of carbonyl (C=O) groups excluding carboxylic acids is 1. The van der Waals surface area contributed by atoms with Crippen LogP contribution in [0.2, 0.25) is 0 Å². The molecule has 1 atom stereocenters. The zero-order valence-electron chi connectivity index (χ0n) is 16.7. The Bertz CT molecular complexity index is 999. The molecule has 0 bridgehead atoms. The standard InChI is InChI=1S/C23H22N2O5/c1-29-20-11-5-17(6-12-20)23(26)15-22(16-3-9-19(10-4-16)25(27)28)24-18-7-13-21(30-2)14-8-18/h3-14,22,24H,15H2,1-2H3. The second kappa shape index (κ2) is 9.56. The minimum absolute atomic E-state index is 0.00317. The molecule has 0 spiro atoms. The molecular weight excluding hydrogens is 384 g/mol. The number of hydrogen-bond donors (Lipinski definition) is 1. The first-order valence-electron chi connectivity index (χ1n) is 9.32. The van der Waals surface area contributed by atoms with Crippen molar-refractivity contribution in [2.45, 2.75) is 12.5 Å². The second-order valence-corrected chi connectivity index (χ2v) is 6.63. The van der Waals surface area contributed by atoms with Crippen LogP contribution in [0.4, 0.5) is 11.4 Å². The van der Waals surface area contributed by atoms with Crippen molar-refractivity contribution in [3.05, 3.63) is 94.0 Å². The number of Topliss-reactive ketones (excluding diaryl/α,β-unsaturated/α-hetero) is 1. The number of nitro groups is 1. The third-order valence-electron chi connectivity index (χ3n) is 4.74. The van der Waals surface area contributed by atoms with E-state index in [0.717, 1.165) is 17.0 Å². The number of rotatable bonds is 9. The number of ether oxygens (including phenoxy) is 2. The van der Waals surface area contributed by atoms with Gasteiger partial charge >= 0.3 is 0 Å². The van der Waals surface area contributed by atoms with Crippen LogP contribution in [0.5, 0.6) is 11.5 Å². The van der Waals surface area contributed by atoms with Gasteiger partial charge in [0.15, 0.2) is 5.78 Å². The second-order valence-electron chi connectivity index (χ2n) is 6.63. The normalized spacial score (nSPS) is 11.4. The molecule has 0 aliphatic carbocycles. The van der Waals surface area contributed by atoms with E-state index in [1.165, 1.54) is 12.1 Å². The lowest BCUT2D eigenvalue weighted by Gasteiger charge is -2.20. The number of hydrogen-bond acceptors (Lipinski definition) is 6. The van der Waals surface area contributed by atoms with E-state index in [1.54, 1.807) is 50.6 Å². The summed E-state index contributed by atoms with van der Waals surface area (Å²) in [6, 6.07) is 20.1. The number of non-ortho nitro benzene ring substituents is 1. The predicted octanol–water partition coefficient (Wildman–Crippen LogP) is 5.04. The summed E-state index contributed by atoms with van der Waals surface area (Å²) in [5, 5.41) is 14.3. The van der Waals surface area contributed by atoms with Crippen molar-refractivity contribution in [3.8, 4) is 11.5 Å². The van der Waals surface area contributed by atoms with Gasteiger partial charge in [0.2, 0.25) is 0 Å². The summed E-state index contributed by atoms with van der Waals surface area (Å²) in [4.78, 5) is 23.4. The number of nitrogens with one attached hydrogen (secondary N) is 1. The fraction of sp³-hybridized carbons (Fsp3) is 0.174. The highest BCUT2D eigenvalue weighted by Crippen LogP contribution is 2.27. The maximum atomic E-state index is 12.9. The van der Waals surface area contributed by atoms with Crippen LogP contribution in [0.1, 0.15) is 28.4 Å². The van der Waals surface area contributed by atoms with E-state index in [-0.39, 0.29) is 23.9 Å². The number of anilines is 1. The molecule has 30 heavy (non-hydrogen) atoms. The molecule has 7 heteroatoms. The molecule has 1 unspecified atom stereocenters. The summed E-state index contributed by atoms with van der Waals surface area (Å²) in [5.74, 6) is 1.35. The van der Waals surface area contributed by atoms with Gasteiger partial charge < -0.3 is 14.8 Å². The van der Waals surface area contributed by atoms with Crippen LogP contribution in [0.25, 0.3) is 0 Å². The molecule has 0 aromatic heterocycles. The SMILES string of the molecule is COc1ccc(NC(CC(=O)c2ccc(OC)cc2)c2ccc([N+](=O)[O-])cc2)cc1. The lowest BCUT2D eigenvalue weighted by atomic mass is 9.97. The topological polar surface area (TPSA) is 90.7 Å². The van der Waals surface area contributed by atoms with Gasteiger partial charge in [-0.3, -0.25) is 14.9 Å². The summed E-state index contributed by atoms with van der Waals surface area (Å²) in [6.07, 6.45) is 0.177. The molecule has 3 aromatic rings. The van der Waals surface area contributed by atoms with Crippen LogP contribution in [0, 0.1) is 10.1 Å². The van der Waals surface area contributed by atoms with Gasteiger partial charge in [0.25, 0.3) is 5.69 Å². The number of nitrogens with zero attached hydrogens (tertiary/aromatic N) is 1. The van der Waals surface area contributed by atoms with Gasteiger partial charge in [-0.05, 0) is 54.1 Å². The average Bonchev–Trinajstić information content (AvgIpc) is 2.79. The molecule has 0 aliphatic heterocycles. The zero-order valence-corrected chi connectivity index (χ0v) is 16.7. The summed E-state index contributed by atoms with van der Waals surface area (Å²) in [5.41, 5.74) is 2.16. The van der Waals surface area contributed by atoms with Gasteiger partial charge in [-0.15, -0.1) is 0 Å². The van der Waals surface area contributed by atoms with Gasteiger partial charge in [-0.25, -0.2) is 0 Å². The summed E-state index contributed by atoms with van der Waals surface area (Å²) >= 11 is 0. The van der Waals surface area contributed by atoms with Crippen molar-refractivity contribution in [1.29, 1.82) is 0 Å². The number of ketones is 1. The van der Waals surface area contributed by atoms with Gasteiger partial charge in [-0.1, -0.05) is 12.1 Å². The Morgan fingerprint density at radius 2 is 1.43 bits per heavy atom. The highest BCUT2D eigenvalue weighted by molar-refractivity contribution is 5.96. The zero-order chi connectivity index (χ0) is 21.5. The summed E-state index contributed by atoms with van der Waals surface area (Å²) in [6.45, 7) is 0. The quantitative estimate of drug-likeness (QED) is 0.304. The maximum absolute atomic E-state index is 12.9. The average molecular weight is 406 g/mol. The monoisotopic (exact) mass is 406 g/mol. The molecule has 0 aliphatic rings. The van der Waals surface area contributed by atoms with Crippen LogP contribution in [0.15, 0.2) is 72.8 Å². The van der Waals surface area contributed by atoms with E-state index in [0.29, 0.717) is 11.3 Å². The molecule has 0 radical (unpaired) electrons. The van der Waals surface area contributed by atoms with Crippen LogP contribution in [-0.2, 0) is 0 Å². The van der Waals surface area contributed by atoms with Crippen molar-refractivity contribution in [1.82, 2.24) is 0 Å². The predicted molar refractivity (Wildman–Crippen MR) is 114 cm³/mol. The molecule has 0 fully saturated rings. The van der Waals surface area contributed by atoms with E-state index in [1.807, 2.05) is 24.3 Å². The smallest absolute Gasteiger partial charge is 0.269 e.